The van der Waals surface area contributed by atoms with Crippen LogP contribution in [0.2, 0.25) is 5.15 Å². The molecule has 1 amide bonds. The zero-order valence-corrected chi connectivity index (χ0v) is 13.0. The van der Waals surface area contributed by atoms with Crippen LogP contribution in [-0.2, 0) is 0 Å². The standard InChI is InChI=1S/C15H8ClF2N3OS/c16-13-10(2-1-5-19-13)14(22)21-15-20-12(7-23-15)9-4-3-8(17)6-11(9)18/h1-7H,(H,20,21,22). The summed E-state index contributed by atoms with van der Waals surface area (Å²) in [4.78, 5) is 20.0. The lowest BCUT2D eigenvalue weighted by Gasteiger charge is -2.03. The molecule has 0 fully saturated rings. The second-order valence-electron chi connectivity index (χ2n) is 4.46. The number of carbonyl (C=O) groups is 1. The molecule has 0 aliphatic heterocycles. The highest BCUT2D eigenvalue weighted by molar-refractivity contribution is 7.14. The molecule has 0 aliphatic carbocycles. The van der Waals surface area contributed by atoms with Gasteiger partial charge in [0, 0.05) is 23.2 Å². The van der Waals surface area contributed by atoms with E-state index >= 15 is 0 Å². The molecular formula is C15H8ClF2N3OS. The van der Waals surface area contributed by atoms with Crippen LogP contribution >= 0.6 is 22.9 Å². The van der Waals surface area contributed by atoms with Gasteiger partial charge >= 0.3 is 0 Å². The summed E-state index contributed by atoms with van der Waals surface area (Å²) >= 11 is 6.97. The number of benzene rings is 1. The van der Waals surface area contributed by atoms with Gasteiger partial charge in [-0.3, -0.25) is 10.1 Å². The third-order valence-electron chi connectivity index (χ3n) is 2.94. The van der Waals surface area contributed by atoms with E-state index in [1.54, 1.807) is 11.4 Å². The van der Waals surface area contributed by atoms with Gasteiger partial charge < -0.3 is 0 Å². The van der Waals surface area contributed by atoms with Crippen molar-refractivity contribution in [3.63, 3.8) is 0 Å². The quantitative estimate of drug-likeness (QED) is 0.712. The van der Waals surface area contributed by atoms with Gasteiger partial charge in [-0.05, 0) is 24.3 Å². The summed E-state index contributed by atoms with van der Waals surface area (Å²) in [6.07, 6.45) is 1.47. The summed E-state index contributed by atoms with van der Waals surface area (Å²) in [6.45, 7) is 0. The van der Waals surface area contributed by atoms with E-state index in [0.29, 0.717) is 5.69 Å². The fourth-order valence-corrected chi connectivity index (χ4v) is 2.78. The number of rotatable bonds is 3. The predicted molar refractivity (Wildman–Crippen MR) is 84.7 cm³/mol. The molecule has 3 aromatic rings. The highest BCUT2D eigenvalue weighted by Crippen LogP contribution is 2.28. The average molecular weight is 352 g/mol. The van der Waals surface area contributed by atoms with Crippen LogP contribution in [0.15, 0.2) is 41.9 Å². The first-order chi connectivity index (χ1) is 11.0. The molecule has 23 heavy (non-hydrogen) atoms. The summed E-state index contributed by atoms with van der Waals surface area (Å²) < 4.78 is 26.7. The molecule has 0 atom stereocenters. The van der Waals surface area contributed by atoms with Crippen LogP contribution in [0.3, 0.4) is 0 Å². The van der Waals surface area contributed by atoms with E-state index in [0.717, 1.165) is 23.5 Å². The molecule has 2 heterocycles. The van der Waals surface area contributed by atoms with Crippen molar-refractivity contribution in [2.75, 3.05) is 5.32 Å². The number of anilines is 1. The number of hydrogen-bond acceptors (Lipinski definition) is 4. The number of halogens is 3. The molecule has 1 aromatic carbocycles. The van der Waals surface area contributed by atoms with E-state index < -0.39 is 17.5 Å². The Morgan fingerprint density at radius 2 is 2.09 bits per heavy atom. The van der Waals surface area contributed by atoms with Gasteiger partial charge in [0.05, 0.1) is 11.3 Å². The van der Waals surface area contributed by atoms with Gasteiger partial charge in [0.1, 0.15) is 16.8 Å². The van der Waals surface area contributed by atoms with E-state index in [4.69, 9.17) is 11.6 Å². The maximum absolute atomic E-state index is 13.7. The molecule has 8 heteroatoms. The number of hydrogen-bond donors (Lipinski definition) is 1. The van der Waals surface area contributed by atoms with Crippen LogP contribution in [-0.4, -0.2) is 15.9 Å². The molecule has 0 aliphatic rings. The zero-order chi connectivity index (χ0) is 16.4. The van der Waals surface area contributed by atoms with Crippen molar-refractivity contribution in [1.82, 2.24) is 9.97 Å². The summed E-state index contributed by atoms with van der Waals surface area (Å²) in [5.74, 6) is -1.85. The second kappa shape index (κ2) is 6.39. The number of nitrogens with zero attached hydrogens (tertiary/aromatic N) is 2. The van der Waals surface area contributed by atoms with Crippen LogP contribution in [0.1, 0.15) is 10.4 Å². The minimum atomic E-state index is -0.719. The fourth-order valence-electron chi connectivity index (χ4n) is 1.87. The van der Waals surface area contributed by atoms with Gasteiger partial charge in [0.25, 0.3) is 5.91 Å². The van der Waals surface area contributed by atoms with Gasteiger partial charge in [-0.15, -0.1) is 11.3 Å². The van der Waals surface area contributed by atoms with Gasteiger partial charge in [0.15, 0.2) is 5.13 Å². The number of thiazole rings is 1. The van der Waals surface area contributed by atoms with Gasteiger partial charge in [-0.2, -0.15) is 0 Å². The van der Waals surface area contributed by atoms with Gasteiger partial charge in [-0.1, -0.05) is 11.6 Å². The van der Waals surface area contributed by atoms with Crippen molar-refractivity contribution in [3.8, 4) is 11.3 Å². The molecule has 0 saturated carbocycles. The minimum Gasteiger partial charge on any atom is -0.298 e. The van der Waals surface area contributed by atoms with Crippen molar-refractivity contribution in [2.24, 2.45) is 0 Å². The normalized spacial score (nSPS) is 10.6. The SMILES string of the molecule is O=C(Nc1nc(-c2ccc(F)cc2F)cs1)c1cccnc1Cl. The first kappa shape index (κ1) is 15.5. The summed E-state index contributed by atoms with van der Waals surface area (Å²) in [6, 6.07) is 6.33. The Labute approximate surface area is 138 Å². The lowest BCUT2D eigenvalue weighted by atomic mass is 10.1. The monoisotopic (exact) mass is 351 g/mol. The first-order valence-corrected chi connectivity index (χ1v) is 7.63. The fraction of sp³-hybridized carbons (Fsp3) is 0. The molecule has 0 unspecified atom stereocenters. The van der Waals surface area contributed by atoms with Crippen LogP contribution in [0.4, 0.5) is 13.9 Å². The second-order valence-corrected chi connectivity index (χ2v) is 5.67. The van der Waals surface area contributed by atoms with Crippen molar-refractivity contribution in [2.45, 2.75) is 0 Å². The average Bonchev–Trinajstić information content (AvgIpc) is 2.95. The predicted octanol–water partition coefficient (Wildman–Crippen LogP) is 4.39. The van der Waals surface area contributed by atoms with Crippen LogP contribution in [0.5, 0.6) is 0 Å². The van der Waals surface area contributed by atoms with E-state index in [1.807, 2.05) is 0 Å². The molecule has 0 saturated heterocycles. The number of carbonyl (C=O) groups excluding carboxylic acids is 1. The third kappa shape index (κ3) is 3.35. The van der Waals surface area contributed by atoms with E-state index in [2.05, 4.69) is 15.3 Å². The topological polar surface area (TPSA) is 54.9 Å². The molecule has 116 valence electrons. The van der Waals surface area contributed by atoms with Crippen molar-refractivity contribution in [3.05, 3.63) is 64.3 Å². The van der Waals surface area contributed by atoms with Crippen LogP contribution < -0.4 is 5.32 Å². The Morgan fingerprint density at radius 3 is 2.83 bits per heavy atom. The molecule has 0 radical (unpaired) electrons. The van der Waals surface area contributed by atoms with E-state index in [9.17, 15) is 13.6 Å². The lowest BCUT2D eigenvalue weighted by Crippen LogP contribution is -2.12. The minimum absolute atomic E-state index is 0.0753. The maximum Gasteiger partial charge on any atom is 0.260 e. The maximum atomic E-state index is 13.7. The van der Waals surface area contributed by atoms with Crippen LogP contribution in [0.25, 0.3) is 11.3 Å². The molecular weight excluding hydrogens is 344 g/mol. The molecule has 4 nitrogen and oxygen atoms in total. The Bertz CT molecular complexity index is 885. The molecule has 0 spiro atoms. The summed E-state index contributed by atoms with van der Waals surface area (Å²) in [5, 5.41) is 4.48. The van der Waals surface area contributed by atoms with Crippen LogP contribution in [0, 0.1) is 11.6 Å². The summed E-state index contributed by atoms with van der Waals surface area (Å²) in [7, 11) is 0. The third-order valence-corrected chi connectivity index (χ3v) is 3.99. The van der Waals surface area contributed by atoms with Gasteiger partial charge in [-0.25, -0.2) is 18.7 Å². The number of pyridine rings is 1. The first-order valence-electron chi connectivity index (χ1n) is 6.37. The van der Waals surface area contributed by atoms with Gasteiger partial charge in [0.2, 0.25) is 0 Å². The number of aromatic nitrogens is 2. The Morgan fingerprint density at radius 1 is 1.26 bits per heavy atom. The summed E-state index contributed by atoms with van der Waals surface area (Å²) in [5.41, 5.74) is 0.668. The van der Waals surface area contributed by atoms with Crippen molar-refractivity contribution >= 4 is 34.0 Å². The number of amides is 1. The highest BCUT2D eigenvalue weighted by Gasteiger charge is 2.15. The van der Waals surface area contributed by atoms with Crippen molar-refractivity contribution < 1.29 is 13.6 Å². The zero-order valence-electron chi connectivity index (χ0n) is 11.4. The molecule has 0 bridgehead atoms. The van der Waals surface area contributed by atoms with E-state index in [-0.39, 0.29) is 21.4 Å². The van der Waals surface area contributed by atoms with Crippen molar-refractivity contribution in [1.29, 1.82) is 0 Å². The van der Waals surface area contributed by atoms with E-state index in [1.165, 1.54) is 18.3 Å². The molecule has 3 rings (SSSR count). The lowest BCUT2D eigenvalue weighted by molar-refractivity contribution is 0.102. The number of nitrogens with one attached hydrogen (secondary N) is 1. The highest BCUT2D eigenvalue weighted by atomic mass is 35.5. The largest absolute Gasteiger partial charge is 0.298 e. The Hall–Kier alpha value is -2.38. The molecule has 1 N–H and O–H groups in total. The molecule has 2 aromatic heterocycles. The smallest absolute Gasteiger partial charge is 0.260 e. The Kier molecular flexibility index (Phi) is 4.31. The Balaban J connectivity index is 1.82.